The van der Waals surface area contributed by atoms with Crippen molar-refractivity contribution in [3.8, 4) is 0 Å². The van der Waals surface area contributed by atoms with Crippen molar-refractivity contribution in [2.24, 2.45) is 0 Å². The van der Waals surface area contributed by atoms with Gasteiger partial charge in [-0.3, -0.25) is 14.9 Å². The number of nitro benzene ring substituents is 1. The molecule has 0 unspecified atom stereocenters. The van der Waals surface area contributed by atoms with Gasteiger partial charge in [-0.25, -0.2) is 0 Å². The van der Waals surface area contributed by atoms with E-state index in [9.17, 15) is 14.9 Å². The lowest BCUT2D eigenvalue weighted by molar-refractivity contribution is -0.384. The average Bonchev–Trinajstić information content (AvgIpc) is 2.29. The predicted octanol–water partition coefficient (Wildman–Crippen LogP) is 1.91. The Morgan fingerprint density at radius 3 is 2.82 bits per heavy atom. The number of rotatable bonds is 5. The van der Waals surface area contributed by atoms with Crippen LogP contribution in [0.3, 0.4) is 0 Å². The second-order valence-electron chi connectivity index (χ2n) is 3.32. The molecule has 2 N–H and O–H groups in total. The van der Waals surface area contributed by atoms with E-state index in [1.165, 1.54) is 18.2 Å². The van der Waals surface area contributed by atoms with E-state index in [0.717, 1.165) is 0 Å². The number of amides is 1. The van der Waals surface area contributed by atoms with Crippen LogP contribution in [0.25, 0.3) is 0 Å². The molecule has 0 fully saturated rings. The standard InChI is InChI=1S/C10H12BrN3O3/c1-12-5-4-10(15)13-9-6-7(14(16)17)2-3-8(9)11/h2-3,6,12H,4-5H2,1H3,(H,13,15). The number of nitrogens with one attached hydrogen (secondary N) is 2. The zero-order valence-electron chi connectivity index (χ0n) is 9.20. The minimum absolute atomic E-state index is 0.0582. The van der Waals surface area contributed by atoms with Gasteiger partial charge in [-0.15, -0.1) is 0 Å². The smallest absolute Gasteiger partial charge is 0.271 e. The molecular weight excluding hydrogens is 290 g/mol. The number of nitro groups is 1. The summed E-state index contributed by atoms with van der Waals surface area (Å²) in [5, 5.41) is 16.0. The van der Waals surface area contributed by atoms with Crippen LogP contribution in [0.15, 0.2) is 22.7 Å². The van der Waals surface area contributed by atoms with Crippen LogP contribution in [0.4, 0.5) is 11.4 Å². The fourth-order valence-corrected chi connectivity index (χ4v) is 1.52. The molecule has 0 radical (unpaired) electrons. The predicted molar refractivity (Wildman–Crippen MR) is 68.0 cm³/mol. The van der Waals surface area contributed by atoms with Crippen molar-refractivity contribution in [3.63, 3.8) is 0 Å². The first-order valence-electron chi connectivity index (χ1n) is 4.93. The van der Waals surface area contributed by atoms with Crippen molar-refractivity contribution in [2.45, 2.75) is 6.42 Å². The molecule has 92 valence electrons. The molecule has 0 saturated carbocycles. The van der Waals surface area contributed by atoms with E-state index in [1.807, 2.05) is 0 Å². The van der Waals surface area contributed by atoms with E-state index >= 15 is 0 Å². The van der Waals surface area contributed by atoms with Crippen molar-refractivity contribution in [2.75, 3.05) is 18.9 Å². The highest BCUT2D eigenvalue weighted by Gasteiger charge is 2.11. The van der Waals surface area contributed by atoms with Crippen LogP contribution in [0, 0.1) is 10.1 Å². The van der Waals surface area contributed by atoms with Crippen LogP contribution in [-0.2, 0) is 4.79 Å². The van der Waals surface area contributed by atoms with Crippen LogP contribution in [0.2, 0.25) is 0 Å². The largest absolute Gasteiger partial charge is 0.325 e. The van der Waals surface area contributed by atoms with E-state index in [4.69, 9.17) is 0 Å². The van der Waals surface area contributed by atoms with Gasteiger partial charge in [0.05, 0.1) is 10.6 Å². The summed E-state index contributed by atoms with van der Waals surface area (Å²) in [5.41, 5.74) is 0.345. The molecule has 1 amide bonds. The minimum Gasteiger partial charge on any atom is -0.325 e. The lowest BCUT2D eigenvalue weighted by atomic mass is 10.2. The first-order chi connectivity index (χ1) is 8.04. The average molecular weight is 302 g/mol. The number of benzene rings is 1. The number of hydrogen-bond donors (Lipinski definition) is 2. The van der Waals surface area contributed by atoms with Gasteiger partial charge >= 0.3 is 0 Å². The number of anilines is 1. The van der Waals surface area contributed by atoms with Crippen LogP contribution >= 0.6 is 15.9 Å². The molecule has 0 aliphatic heterocycles. The van der Waals surface area contributed by atoms with Gasteiger partial charge in [0.25, 0.3) is 5.69 Å². The number of hydrogen-bond acceptors (Lipinski definition) is 4. The summed E-state index contributed by atoms with van der Waals surface area (Å²) in [4.78, 5) is 21.5. The van der Waals surface area contributed by atoms with Crippen LogP contribution in [0.5, 0.6) is 0 Å². The van der Waals surface area contributed by atoms with E-state index in [0.29, 0.717) is 23.1 Å². The van der Waals surface area contributed by atoms with E-state index in [-0.39, 0.29) is 11.6 Å². The van der Waals surface area contributed by atoms with E-state index in [2.05, 4.69) is 26.6 Å². The number of nitrogens with zero attached hydrogens (tertiary/aromatic N) is 1. The Morgan fingerprint density at radius 2 is 2.24 bits per heavy atom. The lowest BCUT2D eigenvalue weighted by Crippen LogP contribution is -2.18. The summed E-state index contributed by atoms with van der Waals surface area (Å²) >= 11 is 3.22. The SMILES string of the molecule is CNCCC(=O)Nc1cc([N+](=O)[O-])ccc1Br. The highest BCUT2D eigenvalue weighted by atomic mass is 79.9. The molecule has 0 aliphatic carbocycles. The Balaban J connectivity index is 2.79. The molecular formula is C10H12BrN3O3. The highest BCUT2D eigenvalue weighted by molar-refractivity contribution is 9.10. The first-order valence-corrected chi connectivity index (χ1v) is 5.72. The fourth-order valence-electron chi connectivity index (χ4n) is 1.17. The number of halogens is 1. The summed E-state index contributed by atoms with van der Waals surface area (Å²) in [7, 11) is 1.75. The van der Waals surface area contributed by atoms with Gasteiger partial charge in [-0.2, -0.15) is 0 Å². The summed E-state index contributed by atoms with van der Waals surface area (Å²) in [6, 6.07) is 4.22. The van der Waals surface area contributed by atoms with Crippen molar-refractivity contribution in [1.82, 2.24) is 5.32 Å². The van der Waals surface area contributed by atoms with Gasteiger partial charge < -0.3 is 10.6 Å². The zero-order chi connectivity index (χ0) is 12.8. The maximum absolute atomic E-state index is 11.5. The molecule has 6 nitrogen and oxygen atoms in total. The van der Waals surface area contributed by atoms with Gasteiger partial charge in [0, 0.05) is 29.6 Å². The van der Waals surface area contributed by atoms with Crippen LogP contribution < -0.4 is 10.6 Å². The first kappa shape index (κ1) is 13.6. The highest BCUT2D eigenvalue weighted by Crippen LogP contribution is 2.27. The zero-order valence-corrected chi connectivity index (χ0v) is 10.8. The van der Waals surface area contributed by atoms with Gasteiger partial charge in [-0.1, -0.05) is 0 Å². The Kier molecular flexibility index (Phi) is 5.05. The maximum Gasteiger partial charge on any atom is 0.271 e. The number of carbonyl (C=O) groups excluding carboxylic acids is 1. The minimum atomic E-state index is -0.504. The van der Waals surface area contributed by atoms with Crippen LogP contribution in [-0.4, -0.2) is 24.4 Å². The van der Waals surface area contributed by atoms with Gasteiger partial charge in [0.2, 0.25) is 5.91 Å². The van der Waals surface area contributed by atoms with E-state index < -0.39 is 4.92 Å². The molecule has 1 aromatic carbocycles. The Morgan fingerprint density at radius 1 is 1.53 bits per heavy atom. The maximum atomic E-state index is 11.5. The third-order valence-electron chi connectivity index (χ3n) is 2.04. The van der Waals surface area contributed by atoms with Crippen molar-refractivity contribution in [3.05, 3.63) is 32.8 Å². The topological polar surface area (TPSA) is 84.3 Å². The Hall–Kier alpha value is -1.47. The third kappa shape index (κ3) is 4.12. The second-order valence-corrected chi connectivity index (χ2v) is 4.18. The van der Waals surface area contributed by atoms with Crippen molar-refractivity contribution < 1.29 is 9.72 Å². The van der Waals surface area contributed by atoms with E-state index in [1.54, 1.807) is 7.05 Å². The molecule has 0 aliphatic rings. The monoisotopic (exact) mass is 301 g/mol. The fraction of sp³-hybridized carbons (Fsp3) is 0.300. The molecule has 0 spiro atoms. The molecule has 1 aromatic rings. The van der Waals surface area contributed by atoms with Gasteiger partial charge in [0.1, 0.15) is 0 Å². The molecule has 0 bridgehead atoms. The van der Waals surface area contributed by atoms with Crippen molar-refractivity contribution in [1.29, 1.82) is 0 Å². The summed E-state index contributed by atoms with van der Waals surface area (Å²) in [5.74, 6) is -0.194. The summed E-state index contributed by atoms with van der Waals surface area (Å²) < 4.78 is 0.612. The van der Waals surface area contributed by atoms with Gasteiger partial charge in [0.15, 0.2) is 0 Å². The number of non-ortho nitro benzene ring substituents is 1. The molecule has 0 saturated heterocycles. The van der Waals surface area contributed by atoms with Gasteiger partial charge in [-0.05, 0) is 29.0 Å². The molecule has 0 aromatic heterocycles. The summed E-state index contributed by atoms with van der Waals surface area (Å²) in [6.07, 6.45) is 0.311. The third-order valence-corrected chi connectivity index (χ3v) is 2.73. The van der Waals surface area contributed by atoms with Crippen molar-refractivity contribution >= 4 is 33.2 Å². The van der Waals surface area contributed by atoms with Crippen LogP contribution in [0.1, 0.15) is 6.42 Å². The second kappa shape index (κ2) is 6.31. The molecule has 7 heteroatoms. The molecule has 0 atom stereocenters. The summed E-state index contributed by atoms with van der Waals surface area (Å²) in [6.45, 7) is 0.554. The Bertz CT molecular complexity index is 437. The quantitative estimate of drug-likeness (QED) is 0.643. The molecule has 17 heavy (non-hydrogen) atoms. The lowest BCUT2D eigenvalue weighted by Gasteiger charge is -2.06. The Labute approximate surface area is 107 Å². The molecule has 0 heterocycles. The molecule has 1 rings (SSSR count). The number of carbonyl (C=O) groups is 1. The normalized spacial score (nSPS) is 10.0.